The smallest absolute Gasteiger partial charge is 0.271 e. The summed E-state index contributed by atoms with van der Waals surface area (Å²) in [5.41, 5.74) is 1.14. The average Bonchev–Trinajstić information content (AvgIpc) is 3.14. The van der Waals surface area contributed by atoms with E-state index < -0.39 is 20.0 Å². The van der Waals surface area contributed by atoms with E-state index in [1.807, 2.05) is 0 Å². The van der Waals surface area contributed by atoms with Crippen molar-refractivity contribution in [3.63, 3.8) is 0 Å². The molecule has 3 rings (SSSR count). The van der Waals surface area contributed by atoms with Crippen molar-refractivity contribution in [3.05, 3.63) is 70.6 Å². The Kier molecular flexibility index (Phi) is 5.48. The number of nitrogens with one attached hydrogen (secondary N) is 2. The lowest BCUT2D eigenvalue weighted by Crippen LogP contribution is -2.15. The lowest BCUT2D eigenvalue weighted by Gasteiger charge is -2.13. The van der Waals surface area contributed by atoms with Gasteiger partial charge in [0.15, 0.2) is 0 Å². The van der Waals surface area contributed by atoms with Crippen LogP contribution in [0.15, 0.2) is 69.1 Å². The molecule has 6 nitrogen and oxygen atoms in total. The van der Waals surface area contributed by atoms with E-state index in [-0.39, 0.29) is 14.8 Å². The first-order valence-electron chi connectivity index (χ1n) is 7.63. The highest BCUT2D eigenvalue weighted by atomic mass is 35.5. The average molecular weight is 443 g/mol. The van der Waals surface area contributed by atoms with Gasteiger partial charge in [0.1, 0.15) is 4.21 Å². The Morgan fingerprint density at radius 2 is 1.59 bits per heavy atom. The highest BCUT2D eigenvalue weighted by molar-refractivity contribution is 7.94. The van der Waals surface area contributed by atoms with Crippen LogP contribution < -0.4 is 9.44 Å². The third-order valence-electron chi connectivity index (χ3n) is 3.62. The Hall–Kier alpha value is -2.07. The minimum absolute atomic E-state index is 0.0630. The molecule has 0 bridgehead atoms. The third-order valence-corrected chi connectivity index (χ3v) is 8.01. The van der Waals surface area contributed by atoms with Crippen molar-refractivity contribution in [1.29, 1.82) is 0 Å². The summed E-state index contributed by atoms with van der Waals surface area (Å²) in [4.78, 5) is -0.0630. The summed E-state index contributed by atoms with van der Waals surface area (Å²) in [5.74, 6) is 0. The summed E-state index contributed by atoms with van der Waals surface area (Å²) in [7, 11) is -7.68. The van der Waals surface area contributed by atoms with Crippen molar-refractivity contribution >= 4 is 54.4 Å². The first kappa shape index (κ1) is 19.7. The highest BCUT2D eigenvalue weighted by Crippen LogP contribution is 2.26. The van der Waals surface area contributed by atoms with E-state index in [1.165, 1.54) is 30.3 Å². The first-order chi connectivity index (χ1) is 12.7. The van der Waals surface area contributed by atoms with Crippen LogP contribution in [0.5, 0.6) is 0 Å². The van der Waals surface area contributed by atoms with Gasteiger partial charge in [-0.1, -0.05) is 23.7 Å². The molecule has 1 aromatic heterocycles. The van der Waals surface area contributed by atoms with Gasteiger partial charge in [0, 0.05) is 10.7 Å². The Labute approximate surface area is 166 Å². The van der Waals surface area contributed by atoms with Gasteiger partial charge in [-0.25, -0.2) is 16.8 Å². The zero-order chi connectivity index (χ0) is 19.7. The lowest BCUT2D eigenvalue weighted by atomic mass is 10.2. The van der Waals surface area contributed by atoms with Crippen molar-refractivity contribution in [2.75, 3.05) is 9.44 Å². The predicted octanol–water partition coefficient (Wildman–Crippen LogP) is 4.31. The Morgan fingerprint density at radius 1 is 0.889 bits per heavy atom. The van der Waals surface area contributed by atoms with Crippen LogP contribution in [0.25, 0.3) is 0 Å². The standard InChI is InChI=1S/C17H15ClN2O4S3/c1-12-4-9-15(26(21,22)19-14-7-5-13(18)6-8-14)11-16(12)20-27(23,24)17-3-2-10-25-17/h2-11,19-20H,1H3. The maximum atomic E-state index is 12.6. The number of rotatable bonds is 6. The molecule has 0 atom stereocenters. The van der Waals surface area contributed by atoms with Crippen molar-refractivity contribution in [3.8, 4) is 0 Å². The number of benzene rings is 2. The van der Waals surface area contributed by atoms with E-state index in [4.69, 9.17) is 11.6 Å². The molecule has 0 amide bonds. The SMILES string of the molecule is Cc1ccc(S(=O)(=O)Nc2ccc(Cl)cc2)cc1NS(=O)(=O)c1cccs1. The van der Waals surface area contributed by atoms with Crippen LogP contribution in [0.2, 0.25) is 5.02 Å². The molecule has 2 N–H and O–H groups in total. The summed E-state index contributed by atoms with van der Waals surface area (Å²) in [6.07, 6.45) is 0. The second kappa shape index (κ2) is 7.51. The second-order valence-corrected chi connectivity index (χ2v) is 10.6. The Balaban J connectivity index is 1.91. The maximum absolute atomic E-state index is 12.6. The number of thiophene rings is 1. The second-order valence-electron chi connectivity index (χ2n) is 5.63. The largest absolute Gasteiger partial charge is 0.280 e. The van der Waals surface area contributed by atoms with Crippen LogP contribution in [-0.2, 0) is 20.0 Å². The topological polar surface area (TPSA) is 92.3 Å². The van der Waals surface area contributed by atoms with Gasteiger partial charge in [-0.2, -0.15) is 0 Å². The minimum Gasteiger partial charge on any atom is -0.280 e. The normalized spacial score (nSPS) is 11.9. The molecule has 0 aliphatic rings. The van der Waals surface area contributed by atoms with Crippen molar-refractivity contribution < 1.29 is 16.8 Å². The zero-order valence-corrected chi connectivity index (χ0v) is 17.2. The van der Waals surface area contributed by atoms with E-state index in [1.54, 1.807) is 36.6 Å². The monoisotopic (exact) mass is 442 g/mol. The summed E-state index contributed by atoms with van der Waals surface area (Å²) in [6.45, 7) is 1.69. The molecule has 0 unspecified atom stereocenters. The quantitative estimate of drug-likeness (QED) is 0.594. The highest BCUT2D eigenvalue weighted by Gasteiger charge is 2.20. The first-order valence-corrected chi connectivity index (χ1v) is 11.9. The van der Waals surface area contributed by atoms with Gasteiger partial charge in [0.05, 0.1) is 10.6 Å². The molecule has 3 aromatic rings. The van der Waals surface area contributed by atoms with E-state index in [0.29, 0.717) is 16.3 Å². The maximum Gasteiger partial charge on any atom is 0.271 e. The van der Waals surface area contributed by atoms with Crippen LogP contribution in [-0.4, -0.2) is 16.8 Å². The van der Waals surface area contributed by atoms with Crippen molar-refractivity contribution in [2.24, 2.45) is 0 Å². The number of hydrogen-bond donors (Lipinski definition) is 2. The molecule has 0 saturated carbocycles. The molecule has 1 heterocycles. The van der Waals surface area contributed by atoms with Gasteiger partial charge in [-0.15, -0.1) is 11.3 Å². The molecular weight excluding hydrogens is 428 g/mol. The molecule has 0 saturated heterocycles. The van der Waals surface area contributed by atoms with Crippen LogP contribution >= 0.6 is 22.9 Å². The van der Waals surface area contributed by atoms with E-state index in [2.05, 4.69) is 9.44 Å². The molecule has 10 heteroatoms. The van der Waals surface area contributed by atoms with Gasteiger partial charge in [0.25, 0.3) is 20.0 Å². The van der Waals surface area contributed by atoms with Crippen LogP contribution in [0.4, 0.5) is 11.4 Å². The predicted molar refractivity (Wildman–Crippen MR) is 109 cm³/mol. The van der Waals surface area contributed by atoms with Crippen LogP contribution in [0, 0.1) is 6.92 Å². The fourth-order valence-electron chi connectivity index (χ4n) is 2.22. The fraction of sp³-hybridized carbons (Fsp3) is 0.0588. The van der Waals surface area contributed by atoms with Crippen LogP contribution in [0.1, 0.15) is 5.56 Å². The summed E-state index contributed by atoms with van der Waals surface area (Å²) < 4.78 is 55.1. The minimum atomic E-state index is -3.90. The molecule has 0 spiro atoms. The molecule has 0 fully saturated rings. The molecule has 142 valence electrons. The number of halogens is 1. The Bertz CT molecular complexity index is 1160. The van der Waals surface area contributed by atoms with E-state index in [0.717, 1.165) is 11.3 Å². The molecule has 2 aromatic carbocycles. The number of anilines is 2. The molecular formula is C17H15ClN2O4S3. The van der Waals surface area contributed by atoms with Crippen LogP contribution in [0.3, 0.4) is 0 Å². The van der Waals surface area contributed by atoms with E-state index in [9.17, 15) is 16.8 Å². The van der Waals surface area contributed by atoms with Gasteiger partial charge in [0.2, 0.25) is 0 Å². The lowest BCUT2D eigenvalue weighted by molar-refractivity contribution is 0.599. The van der Waals surface area contributed by atoms with E-state index >= 15 is 0 Å². The fourth-order valence-corrected chi connectivity index (χ4v) is 5.55. The van der Waals surface area contributed by atoms with Gasteiger partial charge >= 0.3 is 0 Å². The summed E-state index contributed by atoms with van der Waals surface area (Å²) in [6, 6.07) is 13.6. The van der Waals surface area contributed by atoms with Gasteiger partial charge in [-0.05, 0) is 60.3 Å². The molecule has 0 aliphatic carbocycles. The molecule has 0 aliphatic heterocycles. The zero-order valence-electron chi connectivity index (χ0n) is 14.0. The van der Waals surface area contributed by atoms with Crippen molar-refractivity contribution in [1.82, 2.24) is 0 Å². The third kappa shape index (κ3) is 4.62. The van der Waals surface area contributed by atoms with Crippen molar-refractivity contribution in [2.45, 2.75) is 16.0 Å². The molecule has 27 heavy (non-hydrogen) atoms. The number of hydrogen-bond acceptors (Lipinski definition) is 5. The summed E-state index contributed by atoms with van der Waals surface area (Å²) in [5, 5.41) is 2.14. The summed E-state index contributed by atoms with van der Waals surface area (Å²) >= 11 is 6.88. The number of sulfonamides is 2. The molecule has 0 radical (unpaired) electrons. The van der Waals surface area contributed by atoms with Gasteiger partial charge < -0.3 is 0 Å². The Morgan fingerprint density at radius 3 is 2.22 bits per heavy atom. The number of aryl methyl sites for hydroxylation is 1. The van der Waals surface area contributed by atoms with Gasteiger partial charge in [-0.3, -0.25) is 9.44 Å².